The van der Waals surface area contributed by atoms with Crippen LogP contribution < -0.4 is 5.32 Å². The Labute approximate surface area is 127 Å². The van der Waals surface area contributed by atoms with Crippen molar-refractivity contribution in [2.24, 2.45) is 0 Å². The number of hydrogen-bond acceptors (Lipinski definition) is 3. The van der Waals surface area contributed by atoms with E-state index in [4.69, 9.17) is 0 Å². The van der Waals surface area contributed by atoms with E-state index in [2.05, 4.69) is 5.32 Å². The minimum atomic E-state index is -4.55. The highest BCUT2D eigenvalue weighted by Crippen LogP contribution is 2.31. The highest BCUT2D eigenvalue weighted by atomic mass is 35.5. The largest absolute Gasteiger partial charge is 0.416 e. The zero-order valence-corrected chi connectivity index (χ0v) is 12.7. The van der Waals surface area contributed by atoms with Gasteiger partial charge in [0.1, 0.15) is 0 Å². The molecule has 0 radical (unpaired) electrons. The van der Waals surface area contributed by atoms with Crippen molar-refractivity contribution in [3.8, 4) is 0 Å². The third-order valence-corrected chi connectivity index (χ3v) is 4.99. The van der Waals surface area contributed by atoms with Crippen LogP contribution in [-0.4, -0.2) is 38.9 Å². The number of halogens is 4. The van der Waals surface area contributed by atoms with Gasteiger partial charge >= 0.3 is 6.18 Å². The van der Waals surface area contributed by atoms with Gasteiger partial charge in [-0.3, -0.25) is 0 Å². The van der Waals surface area contributed by atoms with E-state index in [9.17, 15) is 21.6 Å². The molecule has 0 unspecified atom stereocenters. The summed E-state index contributed by atoms with van der Waals surface area (Å²) in [5, 5.41) is 3.05. The lowest BCUT2D eigenvalue weighted by Crippen LogP contribution is -2.34. The Balaban J connectivity index is 0.00000220. The Morgan fingerprint density at radius 1 is 1.14 bits per heavy atom. The molecule has 1 aromatic rings. The van der Waals surface area contributed by atoms with E-state index >= 15 is 0 Å². The quantitative estimate of drug-likeness (QED) is 0.894. The molecule has 0 amide bonds. The predicted octanol–water partition coefficient (Wildman–Crippen LogP) is 2.11. The molecule has 1 fully saturated rings. The summed E-state index contributed by atoms with van der Waals surface area (Å²) in [6, 6.07) is 3.87. The number of nitrogens with zero attached hydrogens (tertiary/aromatic N) is 1. The molecule has 0 atom stereocenters. The number of nitrogens with one attached hydrogen (secondary N) is 1. The maximum absolute atomic E-state index is 12.6. The Kier molecular flexibility index (Phi) is 6.03. The van der Waals surface area contributed by atoms with Gasteiger partial charge in [0.05, 0.1) is 10.5 Å². The van der Waals surface area contributed by atoms with E-state index in [1.54, 1.807) is 0 Å². The summed E-state index contributed by atoms with van der Waals surface area (Å²) >= 11 is 0. The first-order valence-corrected chi connectivity index (χ1v) is 7.64. The molecule has 21 heavy (non-hydrogen) atoms. The van der Waals surface area contributed by atoms with Crippen molar-refractivity contribution in [2.45, 2.75) is 17.5 Å². The number of hydrogen-bond donors (Lipinski definition) is 1. The summed E-state index contributed by atoms with van der Waals surface area (Å²) in [6.07, 6.45) is -3.91. The fourth-order valence-corrected chi connectivity index (χ4v) is 3.57. The third kappa shape index (κ3) is 4.32. The molecule has 0 spiro atoms. The number of benzene rings is 1. The van der Waals surface area contributed by atoms with Crippen LogP contribution in [0.4, 0.5) is 13.2 Å². The summed E-state index contributed by atoms with van der Waals surface area (Å²) in [6.45, 7) is 1.77. The van der Waals surface area contributed by atoms with Crippen molar-refractivity contribution in [3.05, 3.63) is 29.8 Å². The molecule has 1 aliphatic heterocycles. The van der Waals surface area contributed by atoms with Crippen LogP contribution in [0.3, 0.4) is 0 Å². The number of rotatable bonds is 2. The first-order valence-electron chi connectivity index (χ1n) is 6.20. The van der Waals surface area contributed by atoms with Crippen molar-refractivity contribution in [1.29, 1.82) is 0 Å². The van der Waals surface area contributed by atoms with E-state index in [0.717, 1.165) is 12.1 Å². The van der Waals surface area contributed by atoms with Crippen LogP contribution in [-0.2, 0) is 16.2 Å². The van der Waals surface area contributed by atoms with E-state index in [1.165, 1.54) is 10.4 Å². The molecule has 1 heterocycles. The topological polar surface area (TPSA) is 49.4 Å². The zero-order chi connectivity index (χ0) is 14.8. The number of alkyl halides is 3. The van der Waals surface area contributed by atoms with Gasteiger partial charge in [-0.2, -0.15) is 17.5 Å². The summed E-state index contributed by atoms with van der Waals surface area (Å²) in [4.78, 5) is -0.311. The molecule has 1 N–H and O–H groups in total. The smallest absolute Gasteiger partial charge is 0.315 e. The van der Waals surface area contributed by atoms with Gasteiger partial charge in [0.2, 0.25) is 10.0 Å². The summed E-state index contributed by atoms with van der Waals surface area (Å²) in [5.74, 6) is 0. The Morgan fingerprint density at radius 2 is 1.86 bits per heavy atom. The Bertz CT molecular complexity index is 570. The molecule has 1 saturated heterocycles. The Morgan fingerprint density at radius 3 is 2.52 bits per heavy atom. The van der Waals surface area contributed by atoms with Crippen molar-refractivity contribution < 1.29 is 21.6 Å². The molecule has 1 aromatic carbocycles. The fraction of sp³-hybridized carbons (Fsp3) is 0.500. The van der Waals surface area contributed by atoms with Gasteiger partial charge in [0, 0.05) is 19.6 Å². The monoisotopic (exact) mass is 344 g/mol. The second kappa shape index (κ2) is 6.95. The average molecular weight is 345 g/mol. The van der Waals surface area contributed by atoms with Crippen LogP contribution in [0.1, 0.15) is 12.0 Å². The SMILES string of the molecule is Cl.O=S(=O)(c1cccc(C(F)(F)F)c1)N1CCCNCC1. The van der Waals surface area contributed by atoms with Crippen molar-refractivity contribution in [3.63, 3.8) is 0 Å². The maximum Gasteiger partial charge on any atom is 0.416 e. The normalized spacial score (nSPS) is 17.9. The third-order valence-electron chi connectivity index (χ3n) is 3.10. The predicted molar refractivity (Wildman–Crippen MR) is 74.9 cm³/mol. The Hall–Kier alpha value is -0.830. The molecule has 0 saturated carbocycles. The van der Waals surface area contributed by atoms with Gasteiger partial charge in [-0.25, -0.2) is 8.42 Å². The van der Waals surface area contributed by atoms with E-state index < -0.39 is 21.8 Å². The van der Waals surface area contributed by atoms with Crippen LogP contribution in [0.25, 0.3) is 0 Å². The molecule has 4 nitrogen and oxygen atoms in total. The molecule has 0 bridgehead atoms. The summed E-state index contributed by atoms with van der Waals surface area (Å²) in [7, 11) is -3.87. The van der Waals surface area contributed by atoms with Crippen LogP contribution >= 0.6 is 12.4 Å². The lowest BCUT2D eigenvalue weighted by Gasteiger charge is -2.20. The second-order valence-corrected chi connectivity index (χ2v) is 6.47. The molecule has 0 aliphatic carbocycles. The lowest BCUT2D eigenvalue weighted by atomic mass is 10.2. The molecule has 120 valence electrons. The maximum atomic E-state index is 12.6. The van der Waals surface area contributed by atoms with Gasteiger partial charge < -0.3 is 5.32 Å². The minimum absolute atomic E-state index is 0. The first kappa shape index (κ1) is 18.2. The van der Waals surface area contributed by atoms with Crippen LogP contribution in [0, 0.1) is 0 Å². The van der Waals surface area contributed by atoms with E-state index in [1.807, 2.05) is 0 Å². The standard InChI is InChI=1S/C12H15F3N2O2S.ClH/c13-12(14,15)10-3-1-4-11(9-10)20(18,19)17-7-2-5-16-6-8-17;/h1,3-4,9,16H,2,5-8H2;1H. The molecular weight excluding hydrogens is 329 g/mol. The minimum Gasteiger partial charge on any atom is -0.315 e. The summed E-state index contributed by atoms with van der Waals surface area (Å²) in [5.41, 5.74) is -0.952. The van der Waals surface area contributed by atoms with Gasteiger partial charge in [0.25, 0.3) is 0 Å². The molecule has 2 rings (SSSR count). The van der Waals surface area contributed by atoms with Crippen molar-refractivity contribution in [1.82, 2.24) is 9.62 Å². The second-order valence-electron chi connectivity index (χ2n) is 4.53. The molecule has 0 aromatic heterocycles. The summed E-state index contributed by atoms with van der Waals surface area (Å²) < 4.78 is 63.9. The van der Waals surface area contributed by atoms with Crippen molar-refractivity contribution in [2.75, 3.05) is 26.2 Å². The zero-order valence-electron chi connectivity index (χ0n) is 11.1. The molecular formula is C12H16ClF3N2O2S. The van der Waals surface area contributed by atoms with Crippen LogP contribution in [0.5, 0.6) is 0 Å². The van der Waals surface area contributed by atoms with Crippen LogP contribution in [0.15, 0.2) is 29.2 Å². The van der Waals surface area contributed by atoms with Gasteiger partial charge in [-0.05, 0) is 31.2 Å². The highest BCUT2D eigenvalue weighted by Gasteiger charge is 2.33. The highest BCUT2D eigenvalue weighted by molar-refractivity contribution is 7.89. The van der Waals surface area contributed by atoms with E-state index in [0.29, 0.717) is 32.1 Å². The van der Waals surface area contributed by atoms with Gasteiger partial charge in [-0.15, -0.1) is 12.4 Å². The van der Waals surface area contributed by atoms with Gasteiger partial charge in [-0.1, -0.05) is 6.07 Å². The lowest BCUT2D eigenvalue weighted by molar-refractivity contribution is -0.137. The molecule has 9 heteroatoms. The first-order chi connectivity index (χ1) is 9.32. The fourth-order valence-electron chi connectivity index (χ4n) is 2.04. The van der Waals surface area contributed by atoms with Gasteiger partial charge in [0.15, 0.2) is 0 Å². The van der Waals surface area contributed by atoms with Crippen molar-refractivity contribution >= 4 is 22.4 Å². The molecule has 1 aliphatic rings. The number of sulfonamides is 1. The van der Waals surface area contributed by atoms with Crippen LogP contribution in [0.2, 0.25) is 0 Å². The van der Waals surface area contributed by atoms with E-state index in [-0.39, 0.29) is 23.8 Å². The average Bonchev–Trinajstić information content (AvgIpc) is 2.67.